The van der Waals surface area contributed by atoms with Crippen molar-refractivity contribution in [3.8, 4) is 0 Å². The number of hydrogen-bond acceptors (Lipinski definition) is 2. The van der Waals surface area contributed by atoms with Gasteiger partial charge in [0.2, 0.25) is 0 Å². The molecule has 0 saturated carbocycles. The molecule has 6 heteroatoms. The zero-order valence-electron chi connectivity index (χ0n) is 9.52. The van der Waals surface area contributed by atoms with Crippen molar-refractivity contribution in [3.05, 3.63) is 35.1 Å². The van der Waals surface area contributed by atoms with Gasteiger partial charge < -0.3 is 10.4 Å². The van der Waals surface area contributed by atoms with Crippen LogP contribution >= 0.6 is 0 Å². The zero-order valence-corrected chi connectivity index (χ0v) is 9.52. The average molecular weight is 263 g/mol. The molecule has 1 aromatic carbocycles. The van der Waals surface area contributed by atoms with Crippen molar-refractivity contribution in [1.29, 1.82) is 0 Å². The Labute approximate surface area is 102 Å². The monoisotopic (exact) mass is 263 g/mol. The topological polar surface area (TPSA) is 32.3 Å². The Kier molecular flexibility index (Phi) is 3.33. The first kappa shape index (κ1) is 13.3. The predicted molar refractivity (Wildman–Crippen MR) is 57.4 cm³/mol. The lowest BCUT2D eigenvalue weighted by molar-refractivity contribution is -0.137. The van der Waals surface area contributed by atoms with Crippen LogP contribution in [0.1, 0.15) is 24.0 Å². The highest BCUT2D eigenvalue weighted by Crippen LogP contribution is 2.36. The summed E-state index contributed by atoms with van der Waals surface area (Å²) in [5, 5.41) is 13.3. The molecule has 0 amide bonds. The minimum Gasteiger partial charge on any atom is -0.385 e. The first-order valence-corrected chi connectivity index (χ1v) is 5.63. The van der Waals surface area contributed by atoms with Gasteiger partial charge in [-0.05, 0) is 38.1 Å². The fraction of sp³-hybridized carbons (Fsp3) is 0.500. The highest BCUT2D eigenvalue weighted by molar-refractivity contribution is 5.31. The molecular formula is C12H13F4NO. The Morgan fingerprint density at radius 1 is 1.17 bits per heavy atom. The van der Waals surface area contributed by atoms with Gasteiger partial charge in [0.15, 0.2) is 0 Å². The minimum atomic E-state index is -4.57. The molecule has 0 spiro atoms. The van der Waals surface area contributed by atoms with Crippen LogP contribution in [0.5, 0.6) is 0 Å². The van der Waals surface area contributed by atoms with Crippen molar-refractivity contribution in [2.45, 2.75) is 24.6 Å². The van der Waals surface area contributed by atoms with Crippen LogP contribution in [-0.4, -0.2) is 18.2 Å². The van der Waals surface area contributed by atoms with E-state index in [9.17, 15) is 22.7 Å². The van der Waals surface area contributed by atoms with E-state index in [0.29, 0.717) is 19.2 Å². The van der Waals surface area contributed by atoms with Gasteiger partial charge in [-0.15, -0.1) is 0 Å². The van der Waals surface area contributed by atoms with E-state index in [1.54, 1.807) is 0 Å². The summed E-state index contributed by atoms with van der Waals surface area (Å²) in [5.41, 5.74) is -2.47. The summed E-state index contributed by atoms with van der Waals surface area (Å²) in [5.74, 6) is -1.01. The molecule has 1 aromatic rings. The number of rotatable bonds is 1. The number of benzene rings is 1. The van der Waals surface area contributed by atoms with E-state index in [-0.39, 0.29) is 18.4 Å². The lowest BCUT2D eigenvalue weighted by Gasteiger charge is -2.33. The maximum absolute atomic E-state index is 13.7. The van der Waals surface area contributed by atoms with Crippen LogP contribution in [0.4, 0.5) is 17.6 Å². The maximum atomic E-state index is 13.7. The van der Waals surface area contributed by atoms with Crippen molar-refractivity contribution in [2.24, 2.45) is 0 Å². The third kappa shape index (κ3) is 2.49. The Bertz CT molecular complexity index is 438. The third-order valence-electron chi connectivity index (χ3n) is 3.23. The number of alkyl halides is 3. The van der Waals surface area contributed by atoms with Gasteiger partial charge in [-0.1, -0.05) is 6.07 Å². The highest BCUT2D eigenvalue weighted by atomic mass is 19.4. The smallest absolute Gasteiger partial charge is 0.385 e. The first-order chi connectivity index (χ1) is 8.33. The molecular weight excluding hydrogens is 250 g/mol. The second-order valence-electron chi connectivity index (χ2n) is 4.47. The summed E-state index contributed by atoms with van der Waals surface area (Å²) in [6, 6.07) is 2.28. The van der Waals surface area contributed by atoms with Crippen LogP contribution in [0.25, 0.3) is 0 Å². The van der Waals surface area contributed by atoms with E-state index in [1.807, 2.05) is 0 Å². The van der Waals surface area contributed by atoms with E-state index in [2.05, 4.69) is 5.32 Å². The van der Waals surface area contributed by atoms with Crippen molar-refractivity contribution in [3.63, 3.8) is 0 Å². The molecule has 1 heterocycles. The van der Waals surface area contributed by atoms with Crippen LogP contribution in [0, 0.1) is 5.82 Å². The molecule has 0 aromatic heterocycles. The Hall–Kier alpha value is -1.14. The van der Waals surface area contributed by atoms with Crippen LogP contribution in [0.15, 0.2) is 18.2 Å². The van der Waals surface area contributed by atoms with E-state index < -0.39 is 23.2 Å². The maximum Gasteiger partial charge on any atom is 0.416 e. The largest absolute Gasteiger partial charge is 0.416 e. The van der Waals surface area contributed by atoms with E-state index >= 15 is 0 Å². The first-order valence-electron chi connectivity index (χ1n) is 5.63. The second kappa shape index (κ2) is 4.51. The Morgan fingerprint density at radius 2 is 1.78 bits per heavy atom. The number of halogens is 4. The Morgan fingerprint density at radius 3 is 2.28 bits per heavy atom. The van der Waals surface area contributed by atoms with Crippen molar-refractivity contribution in [1.82, 2.24) is 5.32 Å². The van der Waals surface area contributed by atoms with E-state index in [1.165, 1.54) is 0 Å². The molecule has 2 nitrogen and oxygen atoms in total. The summed E-state index contributed by atoms with van der Waals surface area (Å²) in [6.45, 7) is 1.02. The van der Waals surface area contributed by atoms with Gasteiger partial charge in [0.05, 0.1) is 11.2 Å². The van der Waals surface area contributed by atoms with Gasteiger partial charge in [-0.25, -0.2) is 4.39 Å². The van der Waals surface area contributed by atoms with Gasteiger partial charge in [0.25, 0.3) is 0 Å². The molecule has 1 saturated heterocycles. The van der Waals surface area contributed by atoms with Crippen molar-refractivity contribution < 1.29 is 22.7 Å². The average Bonchev–Trinajstić information content (AvgIpc) is 2.28. The minimum absolute atomic E-state index is 0.0583. The van der Waals surface area contributed by atoms with Crippen LogP contribution in [0.3, 0.4) is 0 Å². The van der Waals surface area contributed by atoms with E-state index in [4.69, 9.17) is 0 Å². The number of aliphatic hydroxyl groups is 1. The molecule has 0 atom stereocenters. The predicted octanol–water partition coefficient (Wildman–Crippen LogP) is 2.42. The third-order valence-corrected chi connectivity index (χ3v) is 3.23. The SMILES string of the molecule is OC1(c2ccc(C(F)(F)F)cc2F)CCNCC1. The molecule has 18 heavy (non-hydrogen) atoms. The normalized spacial score (nSPS) is 19.8. The van der Waals surface area contributed by atoms with Crippen LogP contribution in [-0.2, 0) is 11.8 Å². The molecule has 2 rings (SSSR count). The quantitative estimate of drug-likeness (QED) is 0.763. The van der Waals surface area contributed by atoms with Crippen molar-refractivity contribution in [2.75, 3.05) is 13.1 Å². The fourth-order valence-electron chi connectivity index (χ4n) is 2.18. The lowest BCUT2D eigenvalue weighted by Crippen LogP contribution is -2.40. The molecule has 0 radical (unpaired) electrons. The summed E-state index contributed by atoms with van der Waals surface area (Å²) < 4.78 is 50.9. The molecule has 1 aliphatic heterocycles. The summed E-state index contributed by atoms with van der Waals surface area (Å²) in [7, 11) is 0. The van der Waals surface area contributed by atoms with Gasteiger partial charge in [-0.2, -0.15) is 13.2 Å². The molecule has 0 aliphatic carbocycles. The van der Waals surface area contributed by atoms with Crippen LogP contribution in [0.2, 0.25) is 0 Å². The molecule has 0 bridgehead atoms. The standard InChI is InChI=1S/C12H13F4NO/c13-10-7-8(12(14,15)16)1-2-9(10)11(18)3-5-17-6-4-11/h1-2,7,17-18H,3-6H2. The molecule has 2 N–H and O–H groups in total. The summed E-state index contributed by atoms with van der Waals surface area (Å²) >= 11 is 0. The molecule has 0 unspecified atom stereocenters. The molecule has 1 aliphatic rings. The molecule has 1 fully saturated rings. The van der Waals surface area contributed by atoms with Crippen LogP contribution < -0.4 is 5.32 Å². The van der Waals surface area contributed by atoms with E-state index in [0.717, 1.165) is 12.1 Å². The van der Waals surface area contributed by atoms with Crippen molar-refractivity contribution >= 4 is 0 Å². The van der Waals surface area contributed by atoms with Gasteiger partial charge in [0, 0.05) is 5.56 Å². The summed E-state index contributed by atoms with van der Waals surface area (Å²) in [6.07, 6.45) is -4.00. The fourth-order valence-corrected chi connectivity index (χ4v) is 2.18. The highest BCUT2D eigenvalue weighted by Gasteiger charge is 2.36. The van der Waals surface area contributed by atoms with Gasteiger partial charge in [0.1, 0.15) is 5.82 Å². The number of nitrogens with one attached hydrogen (secondary N) is 1. The molecule has 100 valence electrons. The second-order valence-corrected chi connectivity index (χ2v) is 4.47. The number of piperidine rings is 1. The summed E-state index contributed by atoms with van der Waals surface area (Å²) in [4.78, 5) is 0. The Balaban J connectivity index is 2.35. The zero-order chi connectivity index (χ0) is 13.4. The van der Waals surface area contributed by atoms with Gasteiger partial charge >= 0.3 is 6.18 Å². The van der Waals surface area contributed by atoms with Gasteiger partial charge in [-0.3, -0.25) is 0 Å². The lowest BCUT2D eigenvalue weighted by atomic mass is 9.84. The number of hydrogen-bond donors (Lipinski definition) is 2.